The van der Waals surface area contributed by atoms with Crippen LogP contribution in [0.5, 0.6) is 0 Å². The van der Waals surface area contributed by atoms with Gasteiger partial charge in [0.25, 0.3) is 5.91 Å². The van der Waals surface area contributed by atoms with Gasteiger partial charge in [0, 0.05) is 17.3 Å². The molecule has 0 fully saturated rings. The normalized spacial score (nSPS) is 12.2. The van der Waals surface area contributed by atoms with E-state index in [1.807, 2.05) is 17.5 Å². The Balaban J connectivity index is 1.80. The number of hydrogen-bond donors (Lipinski definition) is 1. The molecule has 6 nitrogen and oxygen atoms in total. The zero-order valence-electron chi connectivity index (χ0n) is 14.6. The number of rotatable bonds is 5. The molecule has 0 saturated carbocycles. The number of thiophene rings is 1. The molecule has 0 bridgehead atoms. The van der Waals surface area contributed by atoms with Crippen LogP contribution in [0.1, 0.15) is 29.0 Å². The van der Waals surface area contributed by atoms with Crippen molar-refractivity contribution in [1.29, 1.82) is 0 Å². The summed E-state index contributed by atoms with van der Waals surface area (Å²) in [5.41, 5.74) is 6.19. The van der Waals surface area contributed by atoms with Gasteiger partial charge in [0.2, 0.25) is 0 Å². The van der Waals surface area contributed by atoms with Crippen LogP contribution in [0.3, 0.4) is 0 Å². The summed E-state index contributed by atoms with van der Waals surface area (Å²) in [6.07, 6.45) is 3.05. The predicted octanol–water partition coefficient (Wildman–Crippen LogP) is 4.25. The fraction of sp³-hybridized carbons (Fsp3) is 0.105. The summed E-state index contributed by atoms with van der Waals surface area (Å²) in [7, 11) is 0. The number of primary amides is 1. The van der Waals surface area contributed by atoms with Crippen molar-refractivity contribution in [3.63, 3.8) is 0 Å². The van der Waals surface area contributed by atoms with Gasteiger partial charge in [-0.15, -0.1) is 11.3 Å². The zero-order valence-corrected chi connectivity index (χ0v) is 15.4. The first-order valence-electron chi connectivity index (χ1n) is 8.29. The fourth-order valence-corrected chi connectivity index (χ4v) is 3.73. The second kappa shape index (κ2) is 7.01. The molecule has 28 heavy (non-hydrogen) atoms. The highest BCUT2D eigenvalue weighted by Gasteiger charge is 2.26. The summed E-state index contributed by atoms with van der Waals surface area (Å²) < 4.78 is 35.0. The third kappa shape index (κ3) is 2.99. The van der Waals surface area contributed by atoms with E-state index < -0.39 is 23.6 Å². The van der Waals surface area contributed by atoms with Gasteiger partial charge in [-0.3, -0.25) is 9.48 Å². The largest absolute Gasteiger partial charge is 0.364 e. The molecule has 0 saturated heterocycles. The molecule has 142 valence electrons. The van der Waals surface area contributed by atoms with Gasteiger partial charge < -0.3 is 10.3 Å². The van der Waals surface area contributed by atoms with Crippen molar-refractivity contribution in [2.24, 2.45) is 5.73 Å². The van der Waals surface area contributed by atoms with E-state index in [2.05, 4.69) is 10.3 Å². The number of benzene rings is 1. The maximum absolute atomic E-state index is 14.1. The van der Waals surface area contributed by atoms with Crippen LogP contribution in [0.4, 0.5) is 8.78 Å². The van der Waals surface area contributed by atoms with E-state index in [0.29, 0.717) is 16.9 Å². The number of amides is 1. The Morgan fingerprint density at radius 3 is 2.64 bits per heavy atom. The quantitative estimate of drug-likeness (QED) is 0.542. The number of carbonyl (C=O) groups is 1. The van der Waals surface area contributed by atoms with E-state index >= 15 is 0 Å². The lowest BCUT2D eigenvalue weighted by atomic mass is 10.1. The Morgan fingerprint density at radius 2 is 2.00 bits per heavy atom. The molecule has 1 aromatic carbocycles. The third-order valence-corrected chi connectivity index (χ3v) is 5.24. The average Bonchev–Trinajstić information content (AvgIpc) is 3.39. The second-order valence-electron chi connectivity index (χ2n) is 6.10. The van der Waals surface area contributed by atoms with Gasteiger partial charge in [0.15, 0.2) is 11.5 Å². The third-order valence-electron chi connectivity index (χ3n) is 4.37. The SMILES string of the molecule is CC(c1c(F)cccc1F)n1cc(-c2c(C(N)=O)noc2-c2cccs2)cn1. The lowest BCUT2D eigenvalue weighted by Gasteiger charge is -2.14. The molecule has 0 radical (unpaired) electrons. The van der Waals surface area contributed by atoms with Crippen LogP contribution in [-0.4, -0.2) is 20.8 Å². The van der Waals surface area contributed by atoms with Crippen LogP contribution in [0.25, 0.3) is 21.8 Å². The van der Waals surface area contributed by atoms with Crippen LogP contribution in [0, 0.1) is 11.6 Å². The van der Waals surface area contributed by atoms with Crippen LogP contribution < -0.4 is 5.73 Å². The number of nitrogens with zero attached hydrogens (tertiary/aromatic N) is 3. The van der Waals surface area contributed by atoms with Gasteiger partial charge in [-0.25, -0.2) is 8.78 Å². The molecule has 2 N–H and O–H groups in total. The Morgan fingerprint density at radius 1 is 1.25 bits per heavy atom. The van der Waals surface area contributed by atoms with Crippen LogP contribution in [0.2, 0.25) is 0 Å². The lowest BCUT2D eigenvalue weighted by molar-refractivity contribution is 0.0992. The second-order valence-corrected chi connectivity index (χ2v) is 7.04. The number of carbonyl (C=O) groups excluding carboxylic acids is 1. The van der Waals surface area contributed by atoms with Crippen molar-refractivity contribution >= 4 is 17.2 Å². The van der Waals surface area contributed by atoms with Gasteiger partial charge in [0.1, 0.15) is 11.6 Å². The molecular weight excluding hydrogens is 386 g/mol. The molecule has 3 aromatic heterocycles. The Bertz CT molecular complexity index is 1130. The molecule has 0 aliphatic carbocycles. The molecule has 3 heterocycles. The van der Waals surface area contributed by atoms with Crippen LogP contribution in [0.15, 0.2) is 52.6 Å². The molecule has 9 heteroatoms. The van der Waals surface area contributed by atoms with E-state index in [9.17, 15) is 13.6 Å². The lowest BCUT2D eigenvalue weighted by Crippen LogP contribution is -2.12. The average molecular weight is 400 g/mol. The van der Waals surface area contributed by atoms with Crippen molar-refractivity contribution in [3.8, 4) is 21.8 Å². The summed E-state index contributed by atoms with van der Waals surface area (Å²) in [4.78, 5) is 12.6. The summed E-state index contributed by atoms with van der Waals surface area (Å²) in [5.74, 6) is -1.69. The van der Waals surface area contributed by atoms with Crippen LogP contribution >= 0.6 is 11.3 Å². The van der Waals surface area contributed by atoms with E-state index in [4.69, 9.17) is 10.3 Å². The summed E-state index contributed by atoms with van der Waals surface area (Å²) in [6, 6.07) is 6.64. The zero-order chi connectivity index (χ0) is 19.8. The van der Waals surface area contributed by atoms with Crippen LogP contribution in [-0.2, 0) is 0 Å². The molecule has 0 spiro atoms. The van der Waals surface area contributed by atoms with Crippen molar-refractivity contribution in [3.05, 3.63) is 71.0 Å². The summed E-state index contributed by atoms with van der Waals surface area (Å²) in [5, 5.41) is 9.87. The van der Waals surface area contributed by atoms with Crippen molar-refractivity contribution < 1.29 is 18.1 Å². The van der Waals surface area contributed by atoms with E-state index in [1.54, 1.807) is 13.1 Å². The number of hydrogen-bond acceptors (Lipinski definition) is 5. The molecule has 0 aliphatic rings. The Labute approximate surface area is 162 Å². The van der Waals surface area contributed by atoms with Gasteiger partial charge in [0.05, 0.1) is 22.7 Å². The van der Waals surface area contributed by atoms with Gasteiger partial charge in [-0.2, -0.15) is 5.10 Å². The van der Waals surface area contributed by atoms with Crippen molar-refractivity contribution in [1.82, 2.24) is 14.9 Å². The fourth-order valence-electron chi connectivity index (χ4n) is 3.02. The minimum absolute atomic E-state index is 0.0346. The first-order chi connectivity index (χ1) is 13.5. The highest BCUT2D eigenvalue weighted by molar-refractivity contribution is 7.13. The molecule has 1 amide bonds. The Kier molecular flexibility index (Phi) is 4.52. The molecule has 1 unspecified atom stereocenters. The highest BCUT2D eigenvalue weighted by Crippen LogP contribution is 2.37. The minimum Gasteiger partial charge on any atom is -0.364 e. The molecule has 0 aliphatic heterocycles. The molecule has 1 atom stereocenters. The molecular formula is C19H14F2N4O2S. The first-order valence-corrected chi connectivity index (χ1v) is 9.17. The standard InChI is InChI=1S/C19H14F2N4O2S/c1-10(15-12(20)4-2-5-13(15)21)25-9-11(8-23-25)16-17(19(22)26)24-27-18(16)14-6-3-7-28-14/h2-10H,1H3,(H2,22,26). The predicted molar refractivity (Wildman–Crippen MR) is 99.7 cm³/mol. The summed E-state index contributed by atoms with van der Waals surface area (Å²) >= 11 is 1.41. The smallest absolute Gasteiger partial charge is 0.271 e. The van der Waals surface area contributed by atoms with Gasteiger partial charge in [-0.1, -0.05) is 17.3 Å². The molecule has 4 rings (SSSR count). The van der Waals surface area contributed by atoms with E-state index in [-0.39, 0.29) is 11.3 Å². The van der Waals surface area contributed by atoms with Gasteiger partial charge in [-0.05, 0) is 30.5 Å². The maximum atomic E-state index is 14.1. The first kappa shape index (κ1) is 18.1. The minimum atomic E-state index is -0.748. The van der Waals surface area contributed by atoms with E-state index in [1.165, 1.54) is 40.4 Å². The van der Waals surface area contributed by atoms with Gasteiger partial charge >= 0.3 is 0 Å². The number of halogens is 2. The summed E-state index contributed by atoms with van der Waals surface area (Å²) in [6.45, 7) is 1.63. The number of aromatic nitrogens is 3. The van der Waals surface area contributed by atoms with Crippen molar-refractivity contribution in [2.75, 3.05) is 0 Å². The van der Waals surface area contributed by atoms with E-state index in [0.717, 1.165) is 4.88 Å². The number of nitrogens with two attached hydrogens (primary N) is 1. The Hall–Kier alpha value is -3.33. The monoisotopic (exact) mass is 400 g/mol. The molecule has 4 aromatic rings. The maximum Gasteiger partial charge on any atom is 0.271 e. The highest BCUT2D eigenvalue weighted by atomic mass is 32.1. The van der Waals surface area contributed by atoms with Crippen molar-refractivity contribution in [2.45, 2.75) is 13.0 Å². The topological polar surface area (TPSA) is 86.9 Å².